The molecule has 0 radical (unpaired) electrons. The highest BCUT2D eigenvalue weighted by Crippen LogP contribution is 2.36. The van der Waals surface area contributed by atoms with Gasteiger partial charge in [-0.05, 0) is 49.6 Å². The fourth-order valence-electron chi connectivity index (χ4n) is 4.08. The van der Waals surface area contributed by atoms with E-state index in [0.29, 0.717) is 70.3 Å². The van der Waals surface area contributed by atoms with Crippen LogP contribution in [-0.2, 0) is 22.6 Å². The molecule has 11 heteroatoms. The molecule has 0 atom stereocenters. The van der Waals surface area contributed by atoms with Crippen LogP contribution in [0.4, 0.5) is 5.82 Å². The number of thioether (sulfide) groups is 1. The second-order valence-corrected chi connectivity index (χ2v) is 9.82. The second kappa shape index (κ2) is 11.2. The van der Waals surface area contributed by atoms with Crippen molar-refractivity contribution in [2.24, 2.45) is 0 Å². The van der Waals surface area contributed by atoms with Crippen molar-refractivity contribution in [1.82, 2.24) is 9.47 Å². The van der Waals surface area contributed by atoms with E-state index in [2.05, 4.69) is 5.32 Å². The van der Waals surface area contributed by atoms with Crippen molar-refractivity contribution in [3.8, 4) is 17.6 Å². The molecule has 0 unspecified atom stereocenters. The molecule has 0 saturated carbocycles. The van der Waals surface area contributed by atoms with Crippen molar-refractivity contribution >= 4 is 46.1 Å². The van der Waals surface area contributed by atoms with Crippen LogP contribution in [0, 0.1) is 18.3 Å². The van der Waals surface area contributed by atoms with E-state index in [4.69, 9.17) is 26.4 Å². The van der Waals surface area contributed by atoms with Crippen molar-refractivity contribution in [1.29, 1.82) is 5.26 Å². The third kappa shape index (κ3) is 4.97. The van der Waals surface area contributed by atoms with Crippen LogP contribution in [0.15, 0.2) is 27.9 Å². The van der Waals surface area contributed by atoms with Crippen LogP contribution in [-0.4, -0.2) is 46.7 Å². The van der Waals surface area contributed by atoms with Gasteiger partial charge in [0.15, 0.2) is 11.5 Å². The predicted octanol–water partition coefficient (Wildman–Crippen LogP) is 3.63. The van der Waals surface area contributed by atoms with E-state index in [1.807, 2.05) is 31.2 Å². The van der Waals surface area contributed by atoms with Gasteiger partial charge in [0.1, 0.15) is 21.8 Å². The minimum atomic E-state index is -0.380. The van der Waals surface area contributed by atoms with Crippen molar-refractivity contribution < 1.29 is 19.0 Å². The van der Waals surface area contributed by atoms with Crippen LogP contribution in [0.1, 0.15) is 35.6 Å². The SMILES string of the molecule is CCn1c(NCc2ccc3c(c2)OCO3)c(/C=C2/SC(=S)N(CCCOC)C2=O)c(C)c(C#N)c1=O. The zero-order valence-corrected chi connectivity index (χ0v) is 21.9. The van der Waals surface area contributed by atoms with Gasteiger partial charge in [0, 0.05) is 38.9 Å². The van der Waals surface area contributed by atoms with Gasteiger partial charge in [-0.25, -0.2) is 0 Å². The molecule has 1 fully saturated rings. The Morgan fingerprint density at radius 2 is 2.08 bits per heavy atom. The Bertz CT molecular complexity index is 1350. The zero-order valence-electron chi connectivity index (χ0n) is 20.3. The first-order valence-electron chi connectivity index (χ1n) is 11.4. The van der Waals surface area contributed by atoms with Gasteiger partial charge in [0.25, 0.3) is 11.5 Å². The van der Waals surface area contributed by atoms with Crippen molar-refractivity contribution in [2.75, 3.05) is 32.4 Å². The lowest BCUT2D eigenvalue weighted by Gasteiger charge is -2.19. The Balaban J connectivity index is 1.72. The summed E-state index contributed by atoms with van der Waals surface area (Å²) in [6, 6.07) is 7.67. The molecule has 3 heterocycles. The van der Waals surface area contributed by atoms with Gasteiger partial charge in [0.2, 0.25) is 6.79 Å². The highest BCUT2D eigenvalue weighted by molar-refractivity contribution is 8.26. The van der Waals surface area contributed by atoms with Crippen molar-refractivity contribution in [3.63, 3.8) is 0 Å². The Hall–Kier alpha value is -3.33. The fraction of sp³-hybridized carbons (Fsp3) is 0.360. The summed E-state index contributed by atoms with van der Waals surface area (Å²) in [5, 5.41) is 13.1. The second-order valence-electron chi connectivity index (χ2n) is 8.14. The van der Waals surface area contributed by atoms with Gasteiger partial charge >= 0.3 is 0 Å². The molecule has 1 aromatic carbocycles. The molecular formula is C25H26N4O5S2. The number of hydrogen-bond acceptors (Lipinski definition) is 9. The first kappa shape index (κ1) is 25.8. The Morgan fingerprint density at radius 3 is 2.81 bits per heavy atom. The standard InChI is InChI=1S/C25H26N4O5S2/c1-4-28-22(27-13-16-6-7-19-20(10-16)34-14-33-19)17(15(2)18(12-26)23(28)30)11-21-24(31)29(25(35)36-21)8-5-9-32-3/h6-7,10-11,27H,4-5,8-9,13-14H2,1-3H3/b21-11+. The number of methoxy groups -OCH3 is 1. The monoisotopic (exact) mass is 526 g/mol. The third-order valence-corrected chi connectivity index (χ3v) is 7.35. The molecule has 2 aliphatic heterocycles. The summed E-state index contributed by atoms with van der Waals surface area (Å²) in [5.41, 5.74) is 1.70. The summed E-state index contributed by atoms with van der Waals surface area (Å²) in [7, 11) is 1.61. The quantitative estimate of drug-likeness (QED) is 0.298. The molecule has 0 spiro atoms. The Labute approximate surface area is 218 Å². The van der Waals surface area contributed by atoms with Crippen molar-refractivity contribution in [3.05, 3.63) is 55.7 Å². The van der Waals surface area contributed by atoms with E-state index in [1.54, 1.807) is 25.0 Å². The molecule has 4 rings (SSSR count). The van der Waals surface area contributed by atoms with Crippen molar-refractivity contribution in [2.45, 2.75) is 33.4 Å². The van der Waals surface area contributed by atoms with Gasteiger partial charge in [0.05, 0.1) is 4.91 Å². The van der Waals surface area contributed by atoms with Gasteiger partial charge in [-0.3, -0.25) is 19.1 Å². The van der Waals surface area contributed by atoms with Crippen LogP contribution >= 0.6 is 24.0 Å². The Kier molecular flexibility index (Phi) is 7.98. The number of aromatic nitrogens is 1. The normalized spacial score (nSPS) is 15.6. The summed E-state index contributed by atoms with van der Waals surface area (Å²) in [6.45, 7) is 5.46. The number of benzene rings is 1. The molecule has 1 aromatic heterocycles. The number of nitriles is 1. The van der Waals surface area contributed by atoms with Crippen LogP contribution in [0.5, 0.6) is 11.5 Å². The van der Waals surface area contributed by atoms with E-state index < -0.39 is 0 Å². The molecule has 0 aliphatic carbocycles. The minimum Gasteiger partial charge on any atom is -0.454 e. The smallest absolute Gasteiger partial charge is 0.270 e. The molecule has 9 nitrogen and oxygen atoms in total. The van der Waals surface area contributed by atoms with E-state index in [-0.39, 0.29) is 23.8 Å². The van der Waals surface area contributed by atoms with Gasteiger partial charge in [-0.15, -0.1) is 0 Å². The molecule has 188 valence electrons. The molecule has 2 aliphatic rings. The predicted molar refractivity (Wildman–Crippen MR) is 142 cm³/mol. The number of carbonyl (C=O) groups excluding carboxylic acids is 1. The van der Waals surface area contributed by atoms with E-state index in [0.717, 1.165) is 5.56 Å². The number of thiocarbonyl (C=S) groups is 1. The van der Waals surface area contributed by atoms with Gasteiger partial charge < -0.3 is 19.5 Å². The first-order valence-corrected chi connectivity index (χ1v) is 12.7. The van der Waals surface area contributed by atoms with E-state index >= 15 is 0 Å². The molecule has 0 bridgehead atoms. The molecular weight excluding hydrogens is 500 g/mol. The number of pyridine rings is 1. The van der Waals surface area contributed by atoms with E-state index in [9.17, 15) is 14.9 Å². The van der Waals surface area contributed by atoms with E-state index in [1.165, 1.54) is 16.3 Å². The summed E-state index contributed by atoms with van der Waals surface area (Å²) >= 11 is 6.65. The summed E-state index contributed by atoms with van der Waals surface area (Å²) < 4.78 is 17.9. The average Bonchev–Trinajstić information content (AvgIpc) is 3.44. The number of fused-ring (bicyclic) bond motifs is 1. The minimum absolute atomic E-state index is 0.0484. The van der Waals surface area contributed by atoms with Crippen LogP contribution < -0.4 is 20.3 Å². The number of amides is 1. The topological polar surface area (TPSA) is 106 Å². The lowest BCUT2D eigenvalue weighted by molar-refractivity contribution is -0.122. The number of carbonyl (C=O) groups is 1. The average molecular weight is 527 g/mol. The molecule has 1 N–H and O–H groups in total. The van der Waals surface area contributed by atoms with Gasteiger partial charge in [-0.2, -0.15) is 5.26 Å². The number of hydrogen-bond donors (Lipinski definition) is 1. The summed E-state index contributed by atoms with van der Waals surface area (Å²) in [4.78, 5) is 28.2. The Morgan fingerprint density at radius 1 is 1.31 bits per heavy atom. The number of anilines is 1. The number of nitrogens with zero attached hydrogens (tertiary/aromatic N) is 3. The molecule has 1 amide bonds. The number of ether oxygens (including phenoxy) is 3. The van der Waals surface area contributed by atoms with Gasteiger partial charge in [-0.1, -0.05) is 30.0 Å². The highest BCUT2D eigenvalue weighted by atomic mass is 32.2. The number of nitrogens with one attached hydrogen (secondary N) is 1. The fourth-order valence-corrected chi connectivity index (χ4v) is 5.37. The maximum absolute atomic E-state index is 13.1. The maximum atomic E-state index is 13.1. The lowest BCUT2D eigenvalue weighted by atomic mass is 10.0. The molecule has 1 saturated heterocycles. The zero-order chi connectivity index (χ0) is 25.8. The highest BCUT2D eigenvalue weighted by Gasteiger charge is 2.32. The largest absolute Gasteiger partial charge is 0.454 e. The van der Waals surface area contributed by atoms with Crippen LogP contribution in [0.25, 0.3) is 6.08 Å². The first-order chi connectivity index (χ1) is 17.4. The summed E-state index contributed by atoms with van der Waals surface area (Å²) in [5.74, 6) is 1.68. The number of rotatable bonds is 9. The maximum Gasteiger partial charge on any atom is 0.270 e. The molecule has 2 aromatic rings. The summed E-state index contributed by atoms with van der Waals surface area (Å²) in [6.07, 6.45) is 2.39. The third-order valence-electron chi connectivity index (χ3n) is 5.97. The lowest BCUT2D eigenvalue weighted by Crippen LogP contribution is -2.29. The molecule has 36 heavy (non-hydrogen) atoms. The van der Waals surface area contributed by atoms with Crippen LogP contribution in [0.3, 0.4) is 0 Å². The van der Waals surface area contributed by atoms with Crippen LogP contribution in [0.2, 0.25) is 0 Å².